The summed E-state index contributed by atoms with van der Waals surface area (Å²) in [6.07, 6.45) is 2.65. The molecule has 0 aliphatic heterocycles. The molecular weight excluding hydrogens is 172 g/mol. The predicted molar refractivity (Wildman–Crippen MR) is 44.8 cm³/mol. The molecule has 0 spiro atoms. The zero-order valence-electron chi connectivity index (χ0n) is 7.27. The molecule has 0 aromatic heterocycles. The standard InChI is InChI=1S/C9H12O4/c1-2-8-3-9(8,4-12-6-10)5-13-7-11/h2,6-8H,1,3-5H2. The number of carbonyl (C=O) groups excluding carboxylic acids is 2. The molecule has 1 atom stereocenters. The molecule has 1 unspecified atom stereocenters. The van der Waals surface area contributed by atoms with Gasteiger partial charge in [-0.05, 0) is 12.3 Å². The summed E-state index contributed by atoms with van der Waals surface area (Å²) in [6.45, 7) is 5.04. The Kier molecular flexibility index (Phi) is 3.06. The Morgan fingerprint density at radius 2 is 1.85 bits per heavy atom. The van der Waals surface area contributed by atoms with E-state index in [0.717, 1.165) is 6.42 Å². The minimum atomic E-state index is -0.205. The van der Waals surface area contributed by atoms with Gasteiger partial charge in [0.05, 0.1) is 0 Å². The monoisotopic (exact) mass is 184 g/mol. The summed E-state index contributed by atoms with van der Waals surface area (Å²) in [7, 11) is 0. The molecule has 4 heteroatoms. The maximum atomic E-state index is 9.99. The molecule has 0 saturated heterocycles. The second-order valence-corrected chi connectivity index (χ2v) is 3.22. The van der Waals surface area contributed by atoms with E-state index in [9.17, 15) is 9.59 Å². The van der Waals surface area contributed by atoms with Crippen LogP contribution >= 0.6 is 0 Å². The molecule has 0 N–H and O–H groups in total. The molecule has 1 saturated carbocycles. The fourth-order valence-corrected chi connectivity index (χ4v) is 1.49. The number of allylic oxidation sites excluding steroid dienone is 1. The average Bonchev–Trinajstić information content (AvgIpc) is 2.86. The summed E-state index contributed by atoms with van der Waals surface area (Å²) in [6, 6.07) is 0. The molecule has 1 aliphatic carbocycles. The quantitative estimate of drug-likeness (QED) is 0.427. The molecule has 13 heavy (non-hydrogen) atoms. The lowest BCUT2D eigenvalue weighted by molar-refractivity contribution is -0.134. The molecule has 0 aromatic carbocycles. The van der Waals surface area contributed by atoms with Crippen molar-refractivity contribution in [3.63, 3.8) is 0 Å². The van der Waals surface area contributed by atoms with Crippen molar-refractivity contribution in [1.82, 2.24) is 0 Å². The molecule has 0 amide bonds. The molecule has 1 rings (SSSR count). The van der Waals surface area contributed by atoms with E-state index >= 15 is 0 Å². The topological polar surface area (TPSA) is 52.6 Å². The van der Waals surface area contributed by atoms with Gasteiger partial charge >= 0.3 is 0 Å². The molecule has 0 bridgehead atoms. The maximum Gasteiger partial charge on any atom is 0.293 e. The third-order valence-electron chi connectivity index (χ3n) is 2.42. The lowest BCUT2D eigenvalue weighted by atomic mass is 10.1. The second kappa shape index (κ2) is 4.07. The van der Waals surface area contributed by atoms with Gasteiger partial charge in [-0.2, -0.15) is 0 Å². The molecule has 0 radical (unpaired) electrons. The van der Waals surface area contributed by atoms with E-state index in [1.807, 2.05) is 0 Å². The van der Waals surface area contributed by atoms with Crippen molar-refractivity contribution in [3.05, 3.63) is 12.7 Å². The van der Waals surface area contributed by atoms with E-state index in [2.05, 4.69) is 16.1 Å². The average molecular weight is 184 g/mol. The van der Waals surface area contributed by atoms with Gasteiger partial charge in [-0.25, -0.2) is 0 Å². The van der Waals surface area contributed by atoms with Crippen LogP contribution in [0, 0.1) is 11.3 Å². The second-order valence-electron chi connectivity index (χ2n) is 3.22. The Morgan fingerprint density at radius 3 is 2.15 bits per heavy atom. The predicted octanol–water partition coefficient (Wildman–Crippen LogP) is 0.525. The van der Waals surface area contributed by atoms with Gasteiger partial charge < -0.3 is 9.47 Å². The fourth-order valence-electron chi connectivity index (χ4n) is 1.49. The molecule has 1 fully saturated rings. The van der Waals surface area contributed by atoms with Crippen molar-refractivity contribution in [3.8, 4) is 0 Å². The van der Waals surface area contributed by atoms with Gasteiger partial charge in [0.2, 0.25) is 0 Å². The Morgan fingerprint density at radius 1 is 1.31 bits per heavy atom. The van der Waals surface area contributed by atoms with Crippen LogP contribution in [0.3, 0.4) is 0 Å². The fraction of sp³-hybridized carbons (Fsp3) is 0.556. The van der Waals surface area contributed by atoms with Crippen molar-refractivity contribution in [1.29, 1.82) is 0 Å². The first-order valence-corrected chi connectivity index (χ1v) is 4.02. The Balaban J connectivity index is 2.41. The summed E-state index contributed by atoms with van der Waals surface area (Å²) in [5, 5.41) is 0. The van der Waals surface area contributed by atoms with E-state index in [1.54, 1.807) is 6.08 Å². The van der Waals surface area contributed by atoms with E-state index in [1.165, 1.54) is 0 Å². The molecular formula is C9H12O4. The van der Waals surface area contributed by atoms with Crippen LogP contribution in [-0.2, 0) is 19.1 Å². The third kappa shape index (κ3) is 2.08. The minimum Gasteiger partial charge on any atom is -0.467 e. The van der Waals surface area contributed by atoms with Crippen molar-refractivity contribution in [2.45, 2.75) is 6.42 Å². The van der Waals surface area contributed by atoms with Crippen molar-refractivity contribution >= 4 is 12.9 Å². The summed E-state index contributed by atoms with van der Waals surface area (Å²) in [5.41, 5.74) is -0.205. The summed E-state index contributed by atoms with van der Waals surface area (Å²) >= 11 is 0. The zero-order chi connectivity index (χ0) is 9.73. The van der Waals surface area contributed by atoms with Crippen LogP contribution in [0.1, 0.15) is 6.42 Å². The van der Waals surface area contributed by atoms with Crippen LogP contribution < -0.4 is 0 Å². The highest BCUT2D eigenvalue weighted by molar-refractivity contribution is 5.38. The van der Waals surface area contributed by atoms with E-state index in [4.69, 9.17) is 0 Å². The smallest absolute Gasteiger partial charge is 0.293 e. The number of ether oxygens (including phenoxy) is 2. The lowest BCUT2D eigenvalue weighted by Crippen LogP contribution is -2.19. The summed E-state index contributed by atoms with van der Waals surface area (Å²) in [5.74, 6) is 0.285. The number of rotatable bonds is 7. The highest BCUT2D eigenvalue weighted by Gasteiger charge is 2.53. The molecule has 1 aliphatic rings. The van der Waals surface area contributed by atoms with Gasteiger partial charge in [0.15, 0.2) is 0 Å². The normalized spacial score (nSPS) is 22.9. The minimum absolute atomic E-state index is 0.205. The van der Waals surface area contributed by atoms with Gasteiger partial charge in [0.25, 0.3) is 12.9 Å². The number of hydrogen-bond acceptors (Lipinski definition) is 4. The first-order valence-electron chi connectivity index (χ1n) is 4.02. The molecule has 72 valence electrons. The van der Waals surface area contributed by atoms with E-state index < -0.39 is 0 Å². The number of carbonyl (C=O) groups is 2. The van der Waals surface area contributed by atoms with Crippen molar-refractivity contribution < 1.29 is 19.1 Å². The van der Waals surface area contributed by atoms with Gasteiger partial charge in [-0.3, -0.25) is 9.59 Å². The highest BCUT2D eigenvalue weighted by Crippen LogP contribution is 2.53. The first kappa shape index (κ1) is 9.77. The Bertz CT molecular complexity index is 200. The molecule has 4 nitrogen and oxygen atoms in total. The maximum absolute atomic E-state index is 9.99. The first-order chi connectivity index (χ1) is 6.29. The molecule has 0 aromatic rings. The lowest BCUT2D eigenvalue weighted by Gasteiger charge is -2.12. The Hall–Kier alpha value is -1.32. The van der Waals surface area contributed by atoms with Crippen LogP contribution in [0.15, 0.2) is 12.7 Å². The largest absolute Gasteiger partial charge is 0.467 e. The highest BCUT2D eigenvalue weighted by atomic mass is 16.5. The summed E-state index contributed by atoms with van der Waals surface area (Å²) < 4.78 is 9.33. The van der Waals surface area contributed by atoms with Gasteiger partial charge in [-0.1, -0.05) is 6.08 Å². The van der Waals surface area contributed by atoms with E-state index in [0.29, 0.717) is 26.2 Å². The van der Waals surface area contributed by atoms with Crippen molar-refractivity contribution in [2.24, 2.45) is 11.3 Å². The third-order valence-corrected chi connectivity index (χ3v) is 2.42. The zero-order valence-corrected chi connectivity index (χ0v) is 7.27. The van der Waals surface area contributed by atoms with Gasteiger partial charge in [0, 0.05) is 5.41 Å². The molecule has 0 heterocycles. The van der Waals surface area contributed by atoms with Gasteiger partial charge in [-0.15, -0.1) is 6.58 Å². The van der Waals surface area contributed by atoms with Crippen LogP contribution in [0.4, 0.5) is 0 Å². The van der Waals surface area contributed by atoms with E-state index in [-0.39, 0.29) is 11.3 Å². The number of hydrogen-bond donors (Lipinski definition) is 0. The van der Waals surface area contributed by atoms with Gasteiger partial charge in [0.1, 0.15) is 13.2 Å². The van der Waals surface area contributed by atoms with Crippen molar-refractivity contribution in [2.75, 3.05) is 13.2 Å². The SMILES string of the molecule is C=CC1CC1(COC=O)COC=O. The van der Waals surface area contributed by atoms with Crippen LogP contribution in [-0.4, -0.2) is 26.2 Å². The summed E-state index contributed by atoms with van der Waals surface area (Å²) in [4.78, 5) is 20.0. The Labute approximate surface area is 76.5 Å². The van der Waals surface area contributed by atoms with Crippen LogP contribution in [0.2, 0.25) is 0 Å². The van der Waals surface area contributed by atoms with Crippen LogP contribution in [0.25, 0.3) is 0 Å². The van der Waals surface area contributed by atoms with Crippen LogP contribution in [0.5, 0.6) is 0 Å².